The van der Waals surface area contributed by atoms with Gasteiger partial charge in [0.1, 0.15) is 6.07 Å². The second kappa shape index (κ2) is 6.48. The van der Waals surface area contributed by atoms with Gasteiger partial charge in [0, 0.05) is 12.2 Å². The first-order valence-corrected chi connectivity index (χ1v) is 5.50. The Kier molecular flexibility index (Phi) is 4.95. The molecule has 5 nitrogen and oxygen atoms in total. The van der Waals surface area contributed by atoms with Crippen LogP contribution in [-0.4, -0.2) is 22.1 Å². The van der Waals surface area contributed by atoms with Crippen LogP contribution >= 0.6 is 0 Å². The molecule has 17 heavy (non-hydrogen) atoms. The average molecular weight is 233 g/mol. The quantitative estimate of drug-likeness (QED) is 0.784. The van der Waals surface area contributed by atoms with Crippen LogP contribution in [0.15, 0.2) is 18.3 Å². The van der Waals surface area contributed by atoms with Crippen LogP contribution in [0, 0.1) is 11.3 Å². The first-order chi connectivity index (χ1) is 8.17. The Morgan fingerprint density at radius 1 is 1.71 bits per heavy atom. The summed E-state index contributed by atoms with van der Waals surface area (Å²) >= 11 is 0. The Labute approximate surface area is 100 Å². The smallest absolute Gasteiger partial charge is 0.305 e. The van der Waals surface area contributed by atoms with Crippen LogP contribution in [0.3, 0.4) is 0 Å². The number of carboxylic acid groups (broad SMARTS) is 1. The minimum Gasteiger partial charge on any atom is -0.481 e. The third-order valence-electron chi connectivity index (χ3n) is 2.33. The Morgan fingerprint density at radius 2 is 2.47 bits per heavy atom. The monoisotopic (exact) mass is 233 g/mol. The van der Waals surface area contributed by atoms with Crippen molar-refractivity contribution in [2.24, 2.45) is 0 Å². The van der Waals surface area contributed by atoms with E-state index in [1.165, 1.54) is 6.20 Å². The van der Waals surface area contributed by atoms with Gasteiger partial charge in [-0.15, -0.1) is 0 Å². The number of hydrogen-bond acceptors (Lipinski definition) is 4. The maximum atomic E-state index is 10.7. The summed E-state index contributed by atoms with van der Waals surface area (Å²) in [5.74, 6) is -0.849. The van der Waals surface area contributed by atoms with Crippen LogP contribution in [0.5, 0.6) is 0 Å². The van der Waals surface area contributed by atoms with Gasteiger partial charge >= 0.3 is 5.97 Å². The molecule has 0 saturated heterocycles. The molecule has 1 rings (SSSR count). The van der Waals surface area contributed by atoms with Crippen LogP contribution in [0.2, 0.25) is 0 Å². The van der Waals surface area contributed by atoms with Crippen molar-refractivity contribution >= 4 is 11.7 Å². The number of rotatable bonds is 6. The van der Waals surface area contributed by atoms with E-state index in [0.29, 0.717) is 11.4 Å². The highest BCUT2D eigenvalue weighted by molar-refractivity contribution is 5.68. The lowest BCUT2D eigenvalue weighted by atomic mass is 10.1. The zero-order valence-corrected chi connectivity index (χ0v) is 9.68. The summed E-state index contributed by atoms with van der Waals surface area (Å²) in [6, 6.07) is 5.25. The third-order valence-corrected chi connectivity index (χ3v) is 2.33. The standard InChI is InChI=1S/C12H15N3O2/c1-2-4-9(7-12(16)17)15-10-5-3-6-14-11(10)8-13/h3,5-6,9,15H,2,4,7H2,1H3,(H,16,17). The molecule has 0 fully saturated rings. The Hall–Kier alpha value is -2.09. The van der Waals surface area contributed by atoms with Crippen molar-refractivity contribution < 1.29 is 9.90 Å². The van der Waals surface area contributed by atoms with Gasteiger partial charge in [-0.1, -0.05) is 13.3 Å². The van der Waals surface area contributed by atoms with Gasteiger partial charge in [0.25, 0.3) is 0 Å². The zero-order valence-electron chi connectivity index (χ0n) is 9.68. The highest BCUT2D eigenvalue weighted by Crippen LogP contribution is 2.15. The van der Waals surface area contributed by atoms with E-state index in [1.807, 2.05) is 13.0 Å². The number of nitriles is 1. The van der Waals surface area contributed by atoms with Gasteiger partial charge in [-0.05, 0) is 18.6 Å². The Bertz CT molecular complexity index is 426. The van der Waals surface area contributed by atoms with Crippen molar-refractivity contribution in [1.82, 2.24) is 4.98 Å². The van der Waals surface area contributed by atoms with Crippen molar-refractivity contribution in [2.75, 3.05) is 5.32 Å². The Morgan fingerprint density at radius 3 is 3.06 bits per heavy atom. The molecule has 1 aromatic rings. The van der Waals surface area contributed by atoms with Gasteiger partial charge in [-0.2, -0.15) is 5.26 Å². The number of aliphatic carboxylic acids is 1. The number of aromatic nitrogens is 1. The average Bonchev–Trinajstić information content (AvgIpc) is 2.29. The fraction of sp³-hybridized carbons (Fsp3) is 0.417. The van der Waals surface area contributed by atoms with Crippen molar-refractivity contribution in [3.8, 4) is 6.07 Å². The summed E-state index contributed by atoms with van der Waals surface area (Å²) in [5.41, 5.74) is 0.883. The van der Waals surface area contributed by atoms with Crippen LogP contribution in [0.25, 0.3) is 0 Å². The summed E-state index contributed by atoms with van der Waals surface area (Å²) < 4.78 is 0. The summed E-state index contributed by atoms with van der Waals surface area (Å²) in [6.45, 7) is 1.99. The van der Waals surface area contributed by atoms with Gasteiger partial charge in [-0.25, -0.2) is 4.98 Å². The first-order valence-electron chi connectivity index (χ1n) is 5.50. The summed E-state index contributed by atoms with van der Waals surface area (Å²) in [4.78, 5) is 14.6. The minimum atomic E-state index is -0.849. The normalized spacial score (nSPS) is 11.5. The molecule has 0 bridgehead atoms. The largest absolute Gasteiger partial charge is 0.481 e. The molecule has 2 N–H and O–H groups in total. The summed E-state index contributed by atoms with van der Waals surface area (Å²) in [7, 11) is 0. The van der Waals surface area contributed by atoms with E-state index in [9.17, 15) is 4.79 Å². The molecular formula is C12H15N3O2. The highest BCUT2D eigenvalue weighted by Gasteiger charge is 2.13. The zero-order chi connectivity index (χ0) is 12.7. The molecule has 0 aromatic carbocycles. The first kappa shape index (κ1) is 13.0. The number of hydrogen-bond donors (Lipinski definition) is 2. The Balaban J connectivity index is 2.78. The number of pyridine rings is 1. The molecule has 1 atom stereocenters. The maximum Gasteiger partial charge on any atom is 0.305 e. The second-order valence-electron chi connectivity index (χ2n) is 3.74. The van der Waals surface area contributed by atoms with Gasteiger partial charge in [-0.3, -0.25) is 4.79 Å². The van der Waals surface area contributed by atoms with E-state index in [1.54, 1.807) is 12.1 Å². The van der Waals surface area contributed by atoms with Gasteiger partial charge in [0.15, 0.2) is 5.69 Å². The van der Waals surface area contributed by atoms with E-state index < -0.39 is 5.97 Å². The number of nitrogens with zero attached hydrogens (tertiary/aromatic N) is 2. The summed E-state index contributed by atoms with van der Waals surface area (Å²) in [5, 5.41) is 20.7. The van der Waals surface area contributed by atoms with Crippen LogP contribution in [-0.2, 0) is 4.79 Å². The number of anilines is 1. The molecule has 90 valence electrons. The lowest BCUT2D eigenvalue weighted by Gasteiger charge is -2.17. The van der Waals surface area contributed by atoms with Crippen LogP contribution in [0.4, 0.5) is 5.69 Å². The minimum absolute atomic E-state index is 0.0353. The van der Waals surface area contributed by atoms with Gasteiger partial charge in [0.2, 0.25) is 0 Å². The molecule has 0 spiro atoms. The molecule has 0 aliphatic heterocycles. The second-order valence-corrected chi connectivity index (χ2v) is 3.74. The van der Waals surface area contributed by atoms with Gasteiger partial charge < -0.3 is 10.4 Å². The lowest BCUT2D eigenvalue weighted by molar-refractivity contribution is -0.137. The van der Waals surface area contributed by atoms with Crippen molar-refractivity contribution in [3.05, 3.63) is 24.0 Å². The van der Waals surface area contributed by atoms with Crippen molar-refractivity contribution in [3.63, 3.8) is 0 Å². The van der Waals surface area contributed by atoms with Crippen molar-refractivity contribution in [1.29, 1.82) is 5.26 Å². The number of nitrogens with one attached hydrogen (secondary N) is 1. The molecule has 1 unspecified atom stereocenters. The van der Waals surface area contributed by atoms with E-state index in [0.717, 1.165) is 12.8 Å². The molecule has 0 aliphatic carbocycles. The third kappa shape index (κ3) is 4.11. The fourth-order valence-corrected chi connectivity index (χ4v) is 1.62. The lowest BCUT2D eigenvalue weighted by Crippen LogP contribution is -2.23. The summed E-state index contributed by atoms with van der Waals surface area (Å²) in [6.07, 6.45) is 3.20. The topological polar surface area (TPSA) is 86.0 Å². The van der Waals surface area contributed by atoms with E-state index in [-0.39, 0.29) is 12.5 Å². The fourth-order valence-electron chi connectivity index (χ4n) is 1.62. The SMILES string of the molecule is CCCC(CC(=O)O)Nc1cccnc1C#N. The van der Waals surface area contributed by atoms with Crippen molar-refractivity contribution in [2.45, 2.75) is 32.2 Å². The number of carbonyl (C=O) groups is 1. The predicted octanol–water partition coefficient (Wildman–Crippen LogP) is 2.01. The number of carboxylic acids is 1. The molecular weight excluding hydrogens is 218 g/mol. The molecule has 0 amide bonds. The van der Waals surface area contributed by atoms with Crippen LogP contribution in [0.1, 0.15) is 31.9 Å². The highest BCUT2D eigenvalue weighted by atomic mass is 16.4. The molecule has 0 saturated carbocycles. The van der Waals surface area contributed by atoms with Gasteiger partial charge in [0.05, 0.1) is 12.1 Å². The maximum absolute atomic E-state index is 10.7. The molecule has 1 aromatic heterocycles. The molecule has 5 heteroatoms. The molecule has 0 aliphatic rings. The molecule has 1 heterocycles. The van der Waals surface area contributed by atoms with E-state index in [4.69, 9.17) is 10.4 Å². The predicted molar refractivity (Wildman–Crippen MR) is 63.5 cm³/mol. The van der Waals surface area contributed by atoms with E-state index >= 15 is 0 Å². The van der Waals surface area contributed by atoms with E-state index in [2.05, 4.69) is 10.3 Å². The molecule has 0 radical (unpaired) electrons. The van der Waals surface area contributed by atoms with Crippen LogP contribution < -0.4 is 5.32 Å².